The van der Waals surface area contributed by atoms with E-state index >= 15 is 0 Å². The SMILES string of the molecule is Cc1ccc(-c2nc(NC(N)=O)nnc2-c2ccc(=O)n(C(C)C)c2)o1. The summed E-state index contributed by atoms with van der Waals surface area (Å²) in [6.45, 7) is 5.62. The van der Waals surface area contributed by atoms with E-state index in [0.29, 0.717) is 28.5 Å². The molecule has 0 aliphatic rings. The number of urea groups is 1. The largest absolute Gasteiger partial charge is 0.460 e. The summed E-state index contributed by atoms with van der Waals surface area (Å²) in [5.74, 6) is 1.12. The summed E-state index contributed by atoms with van der Waals surface area (Å²) >= 11 is 0. The third kappa shape index (κ3) is 3.46. The molecule has 0 bridgehead atoms. The lowest BCUT2D eigenvalue weighted by Gasteiger charge is -2.12. The van der Waals surface area contributed by atoms with E-state index in [1.807, 2.05) is 13.8 Å². The van der Waals surface area contributed by atoms with Gasteiger partial charge in [0.1, 0.15) is 17.1 Å². The van der Waals surface area contributed by atoms with Crippen LogP contribution in [0.1, 0.15) is 25.6 Å². The van der Waals surface area contributed by atoms with Crippen molar-refractivity contribution in [3.05, 3.63) is 46.6 Å². The Morgan fingerprint density at radius 2 is 1.96 bits per heavy atom. The van der Waals surface area contributed by atoms with Gasteiger partial charge in [-0.05, 0) is 39.0 Å². The van der Waals surface area contributed by atoms with Crippen LogP contribution in [0.15, 0.2) is 39.7 Å². The standard InChI is InChI=1S/C17H18N6O3/c1-9(2)23-8-11(5-7-13(23)24)14-15(12-6-4-10(3)26-12)19-17(22-21-14)20-16(18)25/h4-9H,1-3H3,(H3,18,19,20,22,25). The van der Waals surface area contributed by atoms with E-state index in [1.165, 1.54) is 6.07 Å². The second-order valence-corrected chi connectivity index (χ2v) is 5.99. The normalized spacial score (nSPS) is 10.9. The van der Waals surface area contributed by atoms with E-state index in [-0.39, 0.29) is 17.5 Å². The summed E-state index contributed by atoms with van der Waals surface area (Å²) in [5, 5.41) is 10.3. The lowest BCUT2D eigenvalue weighted by molar-refractivity contribution is 0.259. The molecule has 0 spiro atoms. The molecule has 3 rings (SSSR count). The number of hydrogen-bond acceptors (Lipinski definition) is 6. The molecule has 3 heterocycles. The van der Waals surface area contributed by atoms with Crippen LogP contribution in [0.5, 0.6) is 0 Å². The zero-order valence-corrected chi connectivity index (χ0v) is 14.6. The highest BCUT2D eigenvalue weighted by molar-refractivity contribution is 5.86. The predicted octanol–water partition coefficient (Wildman–Crippen LogP) is 2.34. The molecular formula is C17H18N6O3. The van der Waals surface area contributed by atoms with E-state index in [2.05, 4.69) is 20.5 Å². The number of furan rings is 1. The molecule has 0 aromatic carbocycles. The number of hydrogen-bond donors (Lipinski definition) is 2. The van der Waals surface area contributed by atoms with Crippen LogP contribution < -0.4 is 16.6 Å². The number of nitrogens with one attached hydrogen (secondary N) is 1. The van der Waals surface area contributed by atoms with Crippen LogP contribution in [0.25, 0.3) is 22.7 Å². The summed E-state index contributed by atoms with van der Waals surface area (Å²) < 4.78 is 7.24. The van der Waals surface area contributed by atoms with Crippen LogP contribution >= 0.6 is 0 Å². The number of primary amides is 1. The fourth-order valence-corrected chi connectivity index (χ4v) is 2.46. The molecule has 0 aliphatic heterocycles. The van der Waals surface area contributed by atoms with Gasteiger partial charge in [0, 0.05) is 23.9 Å². The van der Waals surface area contributed by atoms with E-state index in [1.54, 1.807) is 35.9 Å². The molecule has 0 unspecified atom stereocenters. The fraction of sp³-hybridized carbons (Fsp3) is 0.235. The van der Waals surface area contributed by atoms with Crippen LogP contribution in [-0.4, -0.2) is 25.8 Å². The van der Waals surface area contributed by atoms with Gasteiger partial charge in [0.15, 0.2) is 5.76 Å². The molecule has 0 radical (unpaired) electrons. The number of carbonyl (C=O) groups is 1. The van der Waals surface area contributed by atoms with Crippen LogP contribution in [0, 0.1) is 6.92 Å². The van der Waals surface area contributed by atoms with Crippen molar-refractivity contribution in [3.8, 4) is 22.7 Å². The first-order valence-corrected chi connectivity index (χ1v) is 7.95. The zero-order valence-electron chi connectivity index (χ0n) is 14.6. The molecule has 9 heteroatoms. The summed E-state index contributed by atoms with van der Waals surface area (Å²) in [4.78, 5) is 27.4. The second-order valence-electron chi connectivity index (χ2n) is 5.99. The Kier molecular flexibility index (Phi) is 4.53. The number of rotatable bonds is 4. The maximum Gasteiger partial charge on any atom is 0.319 e. The van der Waals surface area contributed by atoms with Gasteiger partial charge in [0.25, 0.3) is 11.5 Å². The van der Waals surface area contributed by atoms with Crippen LogP contribution in [-0.2, 0) is 0 Å². The van der Waals surface area contributed by atoms with E-state index in [4.69, 9.17) is 10.2 Å². The number of nitrogens with two attached hydrogens (primary N) is 1. The lowest BCUT2D eigenvalue weighted by atomic mass is 10.1. The number of carbonyl (C=O) groups excluding carboxylic acids is 1. The van der Waals surface area contributed by atoms with E-state index in [9.17, 15) is 9.59 Å². The van der Waals surface area contributed by atoms with Crippen molar-refractivity contribution >= 4 is 12.0 Å². The van der Waals surface area contributed by atoms with Gasteiger partial charge in [-0.2, -0.15) is 0 Å². The molecule has 26 heavy (non-hydrogen) atoms. The van der Waals surface area contributed by atoms with Crippen LogP contribution in [0.2, 0.25) is 0 Å². The summed E-state index contributed by atoms with van der Waals surface area (Å²) in [5.41, 5.74) is 6.45. The van der Waals surface area contributed by atoms with E-state index < -0.39 is 6.03 Å². The van der Waals surface area contributed by atoms with Crippen molar-refractivity contribution in [2.75, 3.05) is 5.32 Å². The minimum Gasteiger partial charge on any atom is -0.460 e. The molecule has 9 nitrogen and oxygen atoms in total. The maximum absolute atomic E-state index is 12.0. The fourth-order valence-electron chi connectivity index (χ4n) is 2.46. The van der Waals surface area contributed by atoms with Crippen molar-refractivity contribution in [3.63, 3.8) is 0 Å². The molecule has 3 aromatic heterocycles. The van der Waals surface area contributed by atoms with Gasteiger partial charge < -0.3 is 14.7 Å². The van der Waals surface area contributed by atoms with Gasteiger partial charge in [-0.3, -0.25) is 10.1 Å². The third-order valence-corrected chi connectivity index (χ3v) is 3.66. The Balaban J connectivity index is 2.19. The van der Waals surface area contributed by atoms with Gasteiger partial charge in [-0.15, -0.1) is 10.2 Å². The molecule has 2 amide bonds. The molecule has 0 saturated heterocycles. The van der Waals surface area contributed by atoms with Gasteiger partial charge in [0.05, 0.1) is 0 Å². The molecular weight excluding hydrogens is 336 g/mol. The van der Waals surface area contributed by atoms with Crippen molar-refractivity contribution in [2.24, 2.45) is 5.73 Å². The summed E-state index contributed by atoms with van der Waals surface area (Å²) in [6.07, 6.45) is 1.69. The molecule has 0 fully saturated rings. The smallest absolute Gasteiger partial charge is 0.319 e. The predicted molar refractivity (Wildman–Crippen MR) is 95.6 cm³/mol. The first-order valence-electron chi connectivity index (χ1n) is 7.95. The summed E-state index contributed by atoms with van der Waals surface area (Å²) in [7, 11) is 0. The van der Waals surface area contributed by atoms with Crippen molar-refractivity contribution in [1.82, 2.24) is 19.7 Å². The number of pyridine rings is 1. The maximum atomic E-state index is 12.0. The highest BCUT2D eigenvalue weighted by atomic mass is 16.3. The zero-order chi connectivity index (χ0) is 18.8. The number of aryl methyl sites for hydroxylation is 1. The second kappa shape index (κ2) is 6.79. The van der Waals surface area contributed by atoms with Gasteiger partial charge in [-0.1, -0.05) is 0 Å². The first-order chi connectivity index (χ1) is 12.3. The Hall–Kier alpha value is -3.49. The monoisotopic (exact) mass is 354 g/mol. The Labute approximate surface area is 148 Å². The quantitative estimate of drug-likeness (QED) is 0.740. The minimum absolute atomic E-state index is 0.0199. The van der Waals surface area contributed by atoms with Crippen molar-refractivity contribution in [2.45, 2.75) is 26.8 Å². The highest BCUT2D eigenvalue weighted by Crippen LogP contribution is 2.30. The van der Waals surface area contributed by atoms with Gasteiger partial charge in [0.2, 0.25) is 0 Å². The van der Waals surface area contributed by atoms with Crippen molar-refractivity contribution in [1.29, 1.82) is 0 Å². The molecule has 0 saturated carbocycles. The van der Waals surface area contributed by atoms with E-state index in [0.717, 1.165) is 0 Å². The van der Waals surface area contributed by atoms with Gasteiger partial charge in [-0.25, -0.2) is 9.78 Å². The number of nitrogens with zero attached hydrogens (tertiary/aromatic N) is 4. The van der Waals surface area contributed by atoms with Gasteiger partial charge >= 0.3 is 6.03 Å². The minimum atomic E-state index is -0.797. The topological polar surface area (TPSA) is 129 Å². The number of aromatic nitrogens is 4. The Bertz CT molecular complexity index is 1020. The Morgan fingerprint density at radius 1 is 1.19 bits per heavy atom. The highest BCUT2D eigenvalue weighted by Gasteiger charge is 2.18. The Morgan fingerprint density at radius 3 is 2.58 bits per heavy atom. The third-order valence-electron chi connectivity index (χ3n) is 3.66. The summed E-state index contributed by atoms with van der Waals surface area (Å²) in [6, 6.07) is 5.83. The van der Waals surface area contributed by atoms with Crippen LogP contribution in [0.4, 0.5) is 10.7 Å². The molecule has 0 atom stereocenters. The lowest BCUT2D eigenvalue weighted by Crippen LogP contribution is -2.22. The van der Waals surface area contributed by atoms with Crippen molar-refractivity contribution < 1.29 is 9.21 Å². The number of anilines is 1. The number of amides is 2. The molecule has 3 aromatic rings. The first kappa shape index (κ1) is 17.3. The molecule has 134 valence electrons. The molecule has 0 aliphatic carbocycles. The van der Waals surface area contributed by atoms with Crippen LogP contribution in [0.3, 0.4) is 0 Å². The average molecular weight is 354 g/mol. The average Bonchev–Trinajstić information content (AvgIpc) is 3.01. The molecule has 3 N–H and O–H groups in total.